The third kappa shape index (κ3) is 7.22. The number of benzene rings is 1. The monoisotopic (exact) mass is 383 g/mol. The maximum atomic E-state index is 12.2. The zero-order valence-electron chi connectivity index (χ0n) is 15.8. The Morgan fingerprint density at radius 2 is 1.96 bits per heavy atom. The van der Waals surface area contributed by atoms with Gasteiger partial charge in [-0.3, -0.25) is 9.59 Å². The average molecular weight is 384 g/mol. The SMILES string of the molecule is CCC(NC(=O)CNCC1CC1)c1ccccc1OCC(=O)N(C)C.Cl. The lowest BCUT2D eigenvalue weighted by Crippen LogP contribution is -2.37. The maximum absolute atomic E-state index is 12.2. The molecule has 26 heavy (non-hydrogen) atoms. The molecule has 7 heteroatoms. The Labute approximate surface area is 162 Å². The van der Waals surface area contributed by atoms with Gasteiger partial charge in [0.1, 0.15) is 5.75 Å². The summed E-state index contributed by atoms with van der Waals surface area (Å²) in [7, 11) is 3.39. The summed E-state index contributed by atoms with van der Waals surface area (Å²) < 4.78 is 5.69. The largest absolute Gasteiger partial charge is 0.483 e. The number of rotatable bonds is 10. The van der Waals surface area contributed by atoms with E-state index in [-0.39, 0.29) is 36.9 Å². The highest BCUT2D eigenvalue weighted by Crippen LogP contribution is 2.28. The van der Waals surface area contributed by atoms with Gasteiger partial charge in [0.15, 0.2) is 6.61 Å². The van der Waals surface area contributed by atoms with Gasteiger partial charge < -0.3 is 20.3 Å². The molecule has 1 aromatic carbocycles. The summed E-state index contributed by atoms with van der Waals surface area (Å²) in [6, 6.07) is 7.40. The number of para-hydroxylation sites is 1. The fourth-order valence-electron chi connectivity index (χ4n) is 2.53. The Morgan fingerprint density at radius 3 is 2.58 bits per heavy atom. The molecule has 0 saturated heterocycles. The number of carbonyl (C=O) groups excluding carboxylic acids is 2. The summed E-state index contributed by atoms with van der Waals surface area (Å²) in [5.74, 6) is 1.26. The Morgan fingerprint density at radius 1 is 1.27 bits per heavy atom. The summed E-state index contributed by atoms with van der Waals surface area (Å²) >= 11 is 0. The van der Waals surface area contributed by atoms with Gasteiger partial charge in [0.05, 0.1) is 12.6 Å². The maximum Gasteiger partial charge on any atom is 0.259 e. The number of carbonyl (C=O) groups is 2. The van der Waals surface area contributed by atoms with E-state index < -0.39 is 0 Å². The minimum atomic E-state index is -0.138. The molecular formula is C19H30ClN3O3. The predicted octanol–water partition coefficient (Wildman–Crippen LogP) is 2.14. The molecule has 0 aliphatic heterocycles. The van der Waals surface area contributed by atoms with Crippen LogP contribution in [0.1, 0.15) is 37.8 Å². The van der Waals surface area contributed by atoms with Crippen molar-refractivity contribution < 1.29 is 14.3 Å². The molecule has 1 aromatic rings. The summed E-state index contributed by atoms with van der Waals surface area (Å²) in [4.78, 5) is 25.4. The average Bonchev–Trinajstić information content (AvgIpc) is 3.42. The highest BCUT2D eigenvalue weighted by molar-refractivity contribution is 5.85. The molecule has 0 heterocycles. The van der Waals surface area contributed by atoms with E-state index in [4.69, 9.17) is 4.74 Å². The van der Waals surface area contributed by atoms with Crippen LogP contribution in [0.4, 0.5) is 0 Å². The second-order valence-corrected chi connectivity index (χ2v) is 6.72. The summed E-state index contributed by atoms with van der Waals surface area (Å²) in [5.41, 5.74) is 0.895. The fraction of sp³-hybridized carbons (Fsp3) is 0.579. The van der Waals surface area contributed by atoms with Crippen LogP contribution in [-0.4, -0.2) is 50.5 Å². The van der Waals surface area contributed by atoms with Crippen LogP contribution in [0.15, 0.2) is 24.3 Å². The molecule has 6 nitrogen and oxygen atoms in total. The minimum Gasteiger partial charge on any atom is -0.483 e. The Balaban J connectivity index is 0.00000338. The Kier molecular flexibility index (Phi) is 9.44. The first-order chi connectivity index (χ1) is 12.0. The van der Waals surface area contributed by atoms with Crippen molar-refractivity contribution in [3.8, 4) is 5.75 Å². The predicted molar refractivity (Wildman–Crippen MR) is 105 cm³/mol. The molecule has 1 fully saturated rings. The molecule has 1 unspecified atom stereocenters. The van der Waals surface area contributed by atoms with Gasteiger partial charge in [0, 0.05) is 19.7 Å². The number of halogens is 1. The lowest BCUT2D eigenvalue weighted by molar-refractivity contribution is -0.130. The Hall–Kier alpha value is -1.79. The first kappa shape index (κ1) is 22.3. The van der Waals surface area contributed by atoms with E-state index in [1.165, 1.54) is 17.7 Å². The highest BCUT2D eigenvalue weighted by Gasteiger charge is 2.21. The molecule has 1 saturated carbocycles. The molecule has 2 amide bonds. The molecule has 0 spiro atoms. The molecule has 1 aliphatic rings. The lowest BCUT2D eigenvalue weighted by atomic mass is 10.0. The van der Waals surface area contributed by atoms with Gasteiger partial charge in [0.2, 0.25) is 5.91 Å². The number of nitrogens with zero attached hydrogens (tertiary/aromatic N) is 1. The van der Waals surface area contributed by atoms with Gasteiger partial charge in [-0.25, -0.2) is 0 Å². The van der Waals surface area contributed by atoms with E-state index in [9.17, 15) is 9.59 Å². The third-order valence-corrected chi connectivity index (χ3v) is 4.30. The number of amides is 2. The van der Waals surface area contributed by atoms with E-state index in [0.29, 0.717) is 12.3 Å². The van der Waals surface area contributed by atoms with Crippen molar-refractivity contribution in [1.82, 2.24) is 15.5 Å². The van der Waals surface area contributed by atoms with E-state index >= 15 is 0 Å². The smallest absolute Gasteiger partial charge is 0.259 e. The minimum absolute atomic E-state index is 0. The second kappa shape index (κ2) is 11.0. The first-order valence-electron chi connectivity index (χ1n) is 8.93. The van der Waals surface area contributed by atoms with Crippen molar-refractivity contribution in [2.24, 2.45) is 5.92 Å². The van der Waals surface area contributed by atoms with Gasteiger partial charge in [-0.15, -0.1) is 12.4 Å². The molecule has 0 radical (unpaired) electrons. The van der Waals surface area contributed by atoms with E-state index in [2.05, 4.69) is 10.6 Å². The zero-order valence-corrected chi connectivity index (χ0v) is 16.6. The molecule has 0 aromatic heterocycles. The van der Waals surface area contributed by atoms with Crippen molar-refractivity contribution in [1.29, 1.82) is 0 Å². The molecule has 146 valence electrons. The number of hydrogen-bond donors (Lipinski definition) is 2. The van der Waals surface area contributed by atoms with Gasteiger partial charge in [0.25, 0.3) is 5.91 Å². The summed E-state index contributed by atoms with van der Waals surface area (Å²) in [6.45, 7) is 3.24. The normalized spacial score (nSPS) is 14.1. The van der Waals surface area contributed by atoms with Crippen LogP contribution in [0.25, 0.3) is 0 Å². The summed E-state index contributed by atoms with van der Waals surface area (Å²) in [5, 5.41) is 6.25. The molecule has 1 aliphatic carbocycles. The number of nitrogens with one attached hydrogen (secondary N) is 2. The van der Waals surface area contributed by atoms with Crippen LogP contribution in [-0.2, 0) is 9.59 Å². The molecule has 0 bridgehead atoms. The van der Waals surface area contributed by atoms with Crippen molar-refractivity contribution in [3.05, 3.63) is 29.8 Å². The van der Waals surface area contributed by atoms with Crippen LogP contribution in [0.3, 0.4) is 0 Å². The molecule has 1 atom stereocenters. The zero-order chi connectivity index (χ0) is 18.2. The molecule has 2 N–H and O–H groups in total. The lowest BCUT2D eigenvalue weighted by Gasteiger charge is -2.21. The number of hydrogen-bond acceptors (Lipinski definition) is 4. The van der Waals surface area contributed by atoms with Crippen LogP contribution in [0, 0.1) is 5.92 Å². The van der Waals surface area contributed by atoms with E-state index in [1.54, 1.807) is 14.1 Å². The van der Waals surface area contributed by atoms with Crippen molar-refractivity contribution in [2.45, 2.75) is 32.2 Å². The highest BCUT2D eigenvalue weighted by atomic mass is 35.5. The summed E-state index contributed by atoms with van der Waals surface area (Å²) in [6.07, 6.45) is 3.28. The van der Waals surface area contributed by atoms with Gasteiger partial charge in [-0.05, 0) is 37.8 Å². The third-order valence-electron chi connectivity index (χ3n) is 4.30. The van der Waals surface area contributed by atoms with E-state index in [0.717, 1.165) is 24.4 Å². The van der Waals surface area contributed by atoms with Crippen molar-refractivity contribution in [3.63, 3.8) is 0 Å². The second-order valence-electron chi connectivity index (χ2n) is 6.72. The van der Waals surface area contributed by atoms with Crippen LogP contribution >= 0.6 is 12.4 Å². The molecular weight excluding hydrogens is 354 g/mol. The van der Waals surface area contributed by atoms with Gasteiger partial charge in [-0.1, -0.05) is 25.1 Å². The topological polar surface area (TPSA) is 70.7 Å². The van der Waals surface area contributed by atoms with Crippen LogP contribution in [0.2, 0.25) is 0 Å². The molecule has 2 rings (SSSR count). The van der Waals surface area contributed by atoms with Crippen LogP contribution in [0.5, 0.6) is 5.75 Å². The quantitative estimate of drug-likeness (QED) is 0.649. The number of likely N-dealkylation sites (N-methyl/N-ethyl adjacent to an activating group) is 1. The van der Waals surface area contributed by atoms with Crippen molar-refractivity contribution in [2.75, 3.05) is 33.8 Å². The van der Waals surface area contributed by atoms with Gasteiger partial charge in [-0.2, -0.15) is 0 Å². The van der Waals surface area contributed by atoms with Crippen molar-refractivity contribution >= 4 is 24.2 Å². The standard InChI is InChI=1S/C19H29N3O3.ClH/c1-4-16(21-18(23)12-20-11-14-9-10-14)15-7-5-6-8-17(15)25-13-19(24)22(2)3;/h5-8,14,16,20H,4,9-13H2,1-3H3,(H,21,23);1H. The Bertz CT molecular complexity index is 591. The fourth-order valence-corrected chi connectivity index (χ4v) is 2.53. The number of ether oxygens (including phenoxy) is 1. The first-order valence-corrected chi connectivity index (χ1v) is 8.93. The van der Waals surface area contributed by atoms with E-state index in [1.807, 2.05) is 31.2 Å². The van der Waals surface area contributed by atoms with Gasteiger partial charge >= 0.3 is 0 Å². The van der Waals surface area contributed by atoms with Crippen LogP contribution < -0.4 is 15.4 Å².